The molecule has 2 unspecified atom stereocenters. The van der Waals surface area contributed by atoms with Gasteiger partial charge in [-0.1, -0.05) is 40.0 Å². The summed E-state index contributed by atoms with van der Waals surface area (Å²) in [5.74, 6) is 0.0145. The molecule has 0 heterocycles. The van der Waals surface area contributed by atoms with Crippen LogP contribution in [0.4, 0.5) is 4.79 Å². The van der Waals surface area contributed by atoms with E-state index in [-0.39, 0.29) is 5.92 Å². The van der Waals surface area contributed by atoms with Gasteiger partial charge in [0.2, 0.25) is 6.29 Å². The van der Waals surface area contributed by atoms with Crippen LogP contribution in [0.25, 0.3) is 0 Å². The number of hydrogen-bond acceptors (Lipinski definition) is 6. The van der Waals surface area contributed by atoms with Crippen LogP contribution in [0.5, 0.6) is 0 Å². The summed E-state index contributed by atoms with van der Waals surface area (Å²) in [6.07, 6.45) is 3.50. The van der Waals surface area contributed by atoms with E-state index in [0.29, 0.717) is 6.61 Å². The number of unbranched alkanes of at least 4 members (excludes halogenated alkanes) is 2. The van der Waals surface area contributed by atoms with Gasteiger partial charge in [0.05, 0.1) is 6.61 Å². The Kier molecular flexibility index (Phi) is 11.7. The second-order valence-electron chi connectivity index (χ2n) is 4.41. The van der Waals surface area contributed by atoms with Crippen LogP contribution < -0.4 is 0 Å². The van der Waals surface area contributed by atoms with Crippen LogP contribution in [-0.4, -0.2) is 24.3 Å². The van der Waals surface area contributed by atoms with Crippen LogP contribution >= 0.6 is 0 Å². The van der Waals surface area contributed by atoms with Crippen LogP contribution in [0.3, 0.4) is 0 Å². The zero-order valence-corrected chi connectivity index (χ0v) is 12.1. The van der Waals surface area contributed by atoms with Crippen LogP contribution in [0.2, 0.25) is 0 Å². The molecule has 0 rings (SSSR count). The van der Waals surface area contributed by atoms with Crippen molar-refractivity contribution < 1.29 is 29.5 Å². The lowest BCUT2D eigenvalue weighted by Gasteiger charge is -2.23. The number of hydrogen-bond donors (Lipinski definition) is 1. The first-order valence-electron chi connectivity index (χ1n) is 6.99. The maximum Gasteiger partial charge on any atom is 0.542 e. The van der Waals surface area contributed by atoms with E-state index in [1.54, 1.807) is 0 Å². The van der Waals surface area contributed by atoms with Gasteiger partial charge in [-0.2, -0.15) is 10.1 Å². The molecule has 0 aromatic heterocycles. The summed E-state index contributed by atoms with van der Waals surface area (Å²) >= 11 is 0. The van der Waals surface area contributed by atoms with Crippen molar-refractivity contribution >= 4 is 6.16 Å². The quantitative estimate of drug-likeness (QED) is 0.203. The van der Waals surface area contributed by atoms with Crippen LogP contribution in [0.15, 0.2) is 0 Å². The van der Waals surface area contributed by atoms with E-state index in [1.807, 2.05) is 13.8 Å². The van der Waals surface area contributed by atoms with E-state index in [4.69, 9.17) is 19.8 Å². The molecule has 0 saturated heterocycles. The summed E-state index contributed by atoms with van der Waals surface area (Å²) < 4.78 is 4.87. The van der Waals surface area contributed by atoms with Gasteiger partial charge in [-0.3, -0.25) is 4.89 Å². The highest BCUT2D eigenvalue weighted by molar-refractivity contribution is 5.58. The molecule has 6 nitrogen and oxygen atoms in total. The smallest absolute Gasteiger partial charge is 0.399 e. The standard InChI is InChI=1S/C13H26O6/c1-4-7-9-11(6-3)12(17-13(14)18-15)19-16-10-8-5-2/h11-12,15H,4-10H2,1-3H3. The van der Waals surface area contributed by atoms with Gasteiger partial charge < -0.3 is 4.74 Å². The molecule has 0 aliphatic carbocycles. The second-order valence-corrected chi connectivity index (χ2v) is 4.41. The van der Waals surface area contributed by atoms with Crippen LogP contribution in [0, 0.1) is 5.92 Å². The third-order valence-corrected chi connectivity index (χ3v) is 2.87. The molecule has 1 N–H and O–H groups in total. The second kappa shape index (κ2) is 12.2. The number of rotatable bonds is 11. The lowest BCUT2D eigenvalue weighted by molar-refractivity contribution is -0.386. The summed E-state index contributed by atoms with van der Waals surface area (Å²) in [5, 5.41) is 8.25. The van der Waals surface area contributed by atoms with Crippen LogP contribution in [-0.2, 0) is 19.4 Å². The molecule has 19 heavy (non-hydrogen) atoms. The van der Waals surface area contributed by atoms with Crippen molar-refractivity contribution in [3.63, 3.8) is 0 Å². The Morgan fingerprint density at radius 2 is 1.84 bits per heavy atom. The Morgan fingerprint density at radius 1 is 1.16 bits per heavy atom. The van der Waals surface area contributed by atoms with Gasteiger partial charge in [-0.15, -0.1) is 0 Å². The first kappa shape index (κ1) is 18.1. The van der Waals surface area contributed by atoms with Gasteiger partial charge in [0.25, 0.3) is 0 Å². The predicted octanol–water partition coefficient (Wildman–Crippen LogP) is 3.90. The molecule has 0 spiro atoms. The van der Waals surface area contributed by atoms with Crippen molar-refractivity contribution in [2.24, 2.45) is 5.92 Å². The fourth-order valence-corrected chi connectivity index (χ4v) is 1.63. The highest BCUT2D eigenvalue weighted by Crippen LogP contribution is 2.21. The molecule has 0 radical (unpaired) electrons. The lowest BCUT2D eigenvalue weighted by atomic mass is 9.99. The minimum absolute atomic E-state index is 0.0145. The molecule has 0 aromatic carbocycles. The molecule has 0 aliphatic rings. The fourth-order valence-electron chi connectivity index (χ4n) is 1.63. The summed E-state index contributed by atoms with van der Waals surface area (Å²) in [4.78, 5) is 24.6. The first-order valence-corrected chi connectivity index (χ1v) is 6.99. The van der Waals surface area contributed by atoms with Crippen molar-refractivity contribution in [1.29, 1.82) is 0 Å². The van der Waals surface area contributed by atoms with Crippen molar-refractivity contribution in [2.75, 3.05) is 6.61 Å². The maximum atomic E-state index is 11.0. The van der Waals surface area contributed by atoms with Crippen molar-refractivity contribution in [3.8, 4) is 0 Å². The Morgan fingerprint density at radius 3 is 2.37 bits per heavy atom. The molecule has 0 saturated carbocycles. The molecule has 0 bridgehead atoms. The minimum Gasteiger partial charge on any atom is -0.399 e. The van der Waals surface area contributed by atoms with Crippen molar-refractivity contribution in [2.45, 2.75) is 65.6 Å². The molecular formula is C13H26O6. The van der Waals surface area contributed by atoms with Crippen molar-refractivity contribution in [3.05, 3.63) is 0 Å². The van der Waals surface area contributed by atoms with E-state index in [0.717, 1.165) is 38.5 Å². The highest BCUT2D eigenvalue weighted by atomic mass is 17.2. The molecule has 0 fully saturated rings. The summed E-state index contributed by atoms with van der Waals surface area (Å²) in [6.45, 7) is 6.55. The monoisotopic (exact) mass is 278 g/mol. The van der Waals surface area contributed by atoms with E-state index >= 15 is 0 Å². The molecule has 0 amide bonds. The Hall–Kier alpha value is -0.850. The Bertz CT molecular complexity index is 221. The largest absolute Gasteiger partial charge is 0.542 e. The average molecular weight is 278 g/mol. The molecule has 114 valence electrons. The van der Waals surface area contributed by atoms with E-state index in [2.05, 4.69) is 11.8 Å². The molecule has 2 atom stereocenters. The molecule has 6 heteroatoms. The fraction of sp³-hybridized carbons (Fsp3) is 0.923. The topological polar surface area (TPSA) is 74.2 Å². The van der Waals surface area contributed by atoms with E-state index in [9.17, 15) is 4.79 Å². The molecular weight excluding hydrogens is 252 g/mol. The van der Waals surface area contributed by atoms with E-state index in [1.165, 1.54) is 0 Å². The SMILES string of the molecule is CCCCOOC(OC(=O)OO)C(CC)CCCC. The maximum absolute atomic E-state index is 11.0. The van der Waals surface area contributed by atoms with Crippen molar-refractivity contribution in [1.82, 2.24) is 0 Å². The third kappa shape index (κ3) is 8.80. The number of ether oxygens (including phenoxy) is 1. The Labute approximate surface area is 114 Å². The van der Waals surface area contributed by atoms with E-state index < -0.39 is 12.4 Å². The van der Waals surface area contributed by atoms with Gasteiger partial charge in [-0.25, -0.2) is 9.68 Å². The minimum atomic E-state index is -1.18. The summed E-state index contributed by atoms with van der Waals surface area (Å²) in [5.41, 5.74) is 0. The molecule has 0 aliphatic heterocycles. The van der Waals surface area contributed by atoms with Gasteiger partial charge in [0.1, 0.15) is 0 Å². The van der Waals surface area contributed by atoms with Gasteiger partial charge in [-0.05, 0) is 19.3 Å². The highest BCUT2D eigenvalue weighted by Gasteiger charge is 2.26. The Balaban J connectivity index is 4.30. The lowest BCUT2D eigenvalue weighted by Crippen LogP contribution is -2.30. The summed E-state index contributed by atoms with van der Waals surface area (Å²) in [7, 11) is 0. The van der Waals surface area contributed by atoms with Crippen LogP contribution in [0.1, 0.15) is 59.3 Å². The zero-order valence-electron chi connectivity index (χ0n) is 12.1. The normalized spacial score (nSPS) is 13.9. The van der Waals surface area contributed by atoms with Gasteiger partial charge >= 0.3 is 6.16 Å². The average Bonchev–Trinajstić information content (AvgIpc) is 2.43. The summed E-state index contributed by atoms with van der Waals surface area (Å²) in [6, 6.07) is 0. The zero-order chi connectivity index (χ0) is 14.5. The first-order chi connectivity index (χ1) is 9.19. The van der Waals surface area contributed by atoms with Gasteiger partial charge in [0.15, 0.2) is 0 Å². The number of carbonyl (C=O) groups is 1. The predicted molar refractivity (Wildman–Crippen MR) is 69.2 cm³/mol. The third-order valence-electron chi connectivity index (χ3n) is 2.87. The number of carbonyl (C=O) groups excluding carboxylic acids is 1. The molecule has 0 aromatic rings. The van der Waals surface area contributed by atoms with Gasteiger partial charge in [0, 0.05) is 5.92 Å².